The standard InChI is InChI=1S/C14H22FNO/c1-4-11(3)9-16(5-2)14-12(10-17)7-6-8-13(14)15/h6-8,11,17H,4-5,9-10H2,1-3H3. The minimum atomic E-state index is -0.248. The van der Waals surface area contributed by atoms with Crippen molar-refractivity contribution in [3.8, 4) is 0 Å². The Bertz CT molecular complexity index is 354. The van der Waals surface area contributed by atoms with Gasteiger partial charge in [-0.25, -0.2) is 4.39 Å². The third-order valence-electron chi connectivity index (χ3n) is 3.17. The van der Waals surface area contributed by atoms with Crippen molar-refractivity contribution >= 4 is 5.69 Å². The molecule has 17 heavy (non-hydrogen) atoms. The van der Waals surface area contributed by atoms with Gasteiger partial charge in [-0.2, -0.15) is 0 Å². The molecule has 0 bridgehead atoms. The SMILES string of the molecule is CCC(C)CN(CC)c1c(F)cccc1CO. The lowest BCUT2D eigenvalue weighted by Gasteiger charge is -2.28. The summed E-state index contributed by atoms with van der Waals surface area (Å²) in [5.74, 6) is 0.266. The number of hydrogen-bond acceptors (Lipinski definition) is 2. The number of anilines is 1. The summed E-state index contributed by atoms with van der Waals surface area (Å²) in [7, 11) is 0. The van der Waals surface area contributed by atoms with E-state index < -0.39 is 0 Å². The van der Waals surface area contributed by atoms with Crippen LogP contribution in [0.5, 0.6) is 0 Å². The van der Waals surface area contributed by atoms with Gasteiger partial charge in [-0.05, 0) is 18.9 Å². The quantitative estimate of drug-likeness (QED) is 0.824. The van der Waals surface area contributed by atoms with Crippen molar-refractivity contribution in [2.24, 2.45) is 5.92 Å². The number of aliphatic hydroxyl groups is 1. The molecule has 2 nitrogen and oxygen atoms in total. The second kappa shape index (κ2) is 6.60. The van der Waals surface area contributed by atoms with Crippen molar-refractivity contribution in [2.45, 2.75) is 33.8 Å². The predicted octanol–water partition coefficient (Wildman–Crippen LogP) is 3.19. The predicted molar refractivity (Wildman–Crippen MR) is 69.7 cm³/mol. The number of aliphatic hydroxyl groups excluding tert-OH is 1. The van der Waals surface area contributed by atoms with Crippen LogP contribution in [0.4, 0.5) is 10.1 Å². The number of hydrogen-bond donors (Lipinski definition) is 1. The van der Waals surface area contributed by atoms with E-state index in [4.69, 9.17) is 0 Å². The van der Waals surface area contributed by atoms with Gasteiger partial charge in [0, 0.05) is 18.7 Å². The van der Waals surface area contributed by atoms with Gasteiger partial charge in [-0.3, -0.25) is 0 Å². The van der Waals surface area contributed by atoms with Crippen LogP contribution in [0.3, 0.4) is 0 Å². The monoisotopic (exact) mass is 239 g/mol. The summed E-state index contributed by atoms with van der Waals surface area (Å²) in [5.41, 5.74) is 1.22. The lowest BCUT2D eigenvalue weighted by atomic mass is 10.1. The summed E-state index contributed by atoms with van der Waals surface area (Å²) in [5, 5.41) is 9.29. The van der Waals surface area contributed by atoms with Crippen molar-refractivity contribution in [3.05, 3.63) is 29.6 Å². The van der Waals surface area contributed by atoms with Gasteiger partial charge in [-0.15, -0.1) is 0 Å². The molecule has 0 radical (unpaired) electrons. The number of benzene rings is 1. The second-order valence-corrected chi connectivity index (χ2v) is 4.46. The Balaban J connectivity index is 3.02. The average molecular weight is 239 g/mol. The van der Waals surface area contributed by atoms with Crippen LogP contribution in [-0.4, -0.2) is 18.2 Å². The van der Waals surface area contributed by atoms with Crippen molar-refractivity contribution in [1.82, 2.24) is 0 Å². The van der Waals surface area contributed by atoms with E-state index in [0.29, 0.717) is 17.2 Å². The first-order chi connectivity index (χ1) is 8.13. The molecule has 96 valence electrons. The molecule has 1 aromatic carbocycles. The summed E-state index contributed by atoms with van der Waals surface area (Å²) in [4.78, 5) is 2.01. The Morgan fingerprint density at radius 1 is 1.35 bits per heavy atom. The summed E-state index contributed by atoms with van der Waals surface area (Å²) in [6.45, 7) is 7.74. The molecule has 3 heteroatoms. The maximum Gasteiger partial charge on any atom is 0.146 e. The molecule has 0 amide bonds. The highest BCUT2D eigenvalue weighted by Gasteiger charge is 2.16. The van der Waals surface area contributed by atoms with Gasteiger partial charge >= 0.3 is 0 Å². The topological polar surface area (TPSA) is 23.5 Å². The maximum atomic E-state index is 13.9. The van der Waals surface area contributed by atoms with Crippen molar-refractivity contribution in [1.29, 1.82) is 0 Å². The van der Waals surface area contributed by atoms with E-state index in [-0.39, 0.29) is 12.4 Å². The van der Waals surface area contributed by atoms with E-state index in [0.717, 1.165) is 19.5 Å². The van der Waals surface area contributed by atoms with Crippen LogP contribution < -0.4 is 4.90 Å². The van der Waals surface area contributed by atoms with E-state index in [9.17, 15) is 9.50 Å². The van der Waals surface area contributed by atoms with Gasteiger partial charge in [0.2, 0.25) is 0 Å². The van der Waals surface area contributed by atoms with E-state index in [2.05, 4.69) is 13.8 Å². The molecule has 0 fully saturated rings. The molecule has 1 unspecified atom stereocenters. The van der Waals surface area contributed by atoms with Crippen molar-refractivity contribution in [2.75, 3.05) is 18.0 Å². The van der Waals surface area contributed by atoms with Crippen LogP contribution in [-0.2, 0) is 6.61 Å². The van der Waals surface area contributed by atoms with Crippen LogP contribution in [0, 0.1) is 11.7 Å². The van der Waals surface area contributed by atoms with Gasteiger partial charge in [-0.1, -0.05) is 32.4 Å². The first-order valence-electron chi connectivity index (χ1n) is 6.27. The second-order valence-electron chi connectivity index (χ2n) is 4.46. The maximum absolute atomic E-state index is 13.9. The van der Waals surface area contributed by atoms with Crippen LogP contribution in [0.25, 0.3) is 0 Å². The minimum absolute atomic E-state index is 0.121. The molecule has 1 N–H and O–H groups in total. The first kappa shape index (κ1) is 14.0. The molecule has 0 aliphatic heterocycles. The molecule has 0 saturated carbocycles. The smallest absolute Gasteiger partial charge is 0.146 e. The minimum Gasteiger partial charge on any atom is -0.392 e. The normalized spacial score (nSPS) is 12.5. The molecular weight excluding hydrogens is 217 g/mol. The highest BCUT2D eigenvalue weighted by Crippen LogP contribution is 2.25. The van der Waals surface area contributed by atoms with Crippen molar-refractivity contribution in [3.63, 3.8) is 0 Å². The van der Waals surface area contributed by atoms with E-state index in [1.54, 1.807) is 12.1 Å². The molecule has 0 aromatic heterocycles. The van der Waals surface area contributed by atoms with E-state index in [1.165, 1.54) is 6.07 Å². The molecule has 0 saturated heterocycles. The molecule has 0 aliphatic carbocycles. The highest BCUT2D eigenvalue weighted by atomic mass is 19.1. The third kappa shape index (κ3) is 3.43. The van der Waals surface area contributed by atoms with Gasteiger partial charge in [0.05, 0.1) is 12.3 Å². The number of rotatable bonds is 6. The highest BCUT2D eigenvalue weighted by molar-refractivity contribution is 5.54. The van der Waals surface area contributed by atoms with Gasteiger partial charge in [0.1, 0.15) is 5.82 Å². The van der Waals surface area contributed by atoms with Gasteiger partial charge in [0.25, 0.3) is 0 Å². The van der Waals surface area contributed by atoms with E-state index >= 15 is 0 Å². The zero-order valence-corrected chi connectivity index (χ0v) is 10.9. The summed E-state index contributed by atoms with van der Waals surface area (Å²) in [6, 6.07) is 4.87. The fourth-order valence-electron chi connectivity index (χ4n) is 1.93. The average Bonchev–Trinajstić information content (AvgIpc) is 2.35. The molecule has 0 heterocycles. The number of para-hydroxylation sites is 1. The zero-order chi connectivity index (χ0) is 12.8. The Morgan fingerprint density at radius 3 is 2.59 bits per heavy atom. The largest absolute Gasteiger partial charge is 0.392 e. The lowest BCUT2D eigenvalue weighted by molar-refractivity contribution is 0.281. The molecule has 1 rings (SSSR count). The summed E-state index contributed by atoms with van der Waals surface area (Å²) in [6.07, 6.45) is 1.07. The van der Waals surface area contributed by atoms with Gasteiger partial charge in [0.15, 0.2) is 0 Å². The molecule has 1 atom stereocenters. The van der Waals surface area contributed by atoms with Crippen LogP contribution in [0.1, 0.15) is 32.8 Å². The first-order valence-corrected chi connectivity index (χ1v) is 6.27. The Labute approximate surface area is 103 Å². The number of halogens is 1. The summed E-state index contributed by atoms with van der Waals surface area (Å²) >= 11 is 0. The fraction of sp³-hybridized carbons (Fsp3) is 0.571. The third-order valence-corrected chi connectivity index (χ3v) is 3.17. The molecule has 0 spiro atoms. The molecule has 0 aliphatic rings. The molecular formula is C14H22FNO. The molecule has 1 aromatic rings. The van der Waals surface area contributed by atoms with Crippen LogP contribution in [0.2, 0.25) is 0 Å². The van der Waals surface area contributed by atoms with Crippen LogP contribution in [0.15, 0.2) is 18.2 Å². The lowest BCUT2D eigenvalue weighted by Crippen LogP contribution is -2.29. The van der Waals surface area contributed by atoms with Gasteiger partial charge < -0.3 is 10.0 Å². The van der Waals surface area contributed by atoms with Crippen molar-refractivity contribution < 1.29 is 9.50 Å². The van der Waals surface area contributed by atoms with Crippen LogP contribution >= 0.6 is 0 Å². The zero-order valence-electron chi connectivity index (χ0n) is 10.9. The Morgan fingerprint density at radius 2 is 2.06 bits per heavy atom. The Kier molecular flexibility index (Phi) is 5.42. The summed E-state index contributed by atoms with van der Waals surface area (Å²) < 4.78 is 13.9. The number of nitrogens with zero attached hydrogens (tertiary/aromatic N) is 1. The fourth-order valence-corrected chi connectivity index (χ4v) is 1.93. The Hall–Kier alpha value is -1.09. The van der Waals surface area contributed by atoms with E-state index in [1.807, 2.05) is 11.8 Å².